The molecule has 0 saturated carbocycles. The molecule has 0 aliphatic rings. The fourth-order valence-corrected chi connectivity index (χ4v) is 3.19. The van der Waals surface area contributed by atoms with Gasteiger partial charge in [0.05, 0.1) is 18.2 Å². The highest BCUT2D eigenvalue weighted by Gasteiger charge is 2.19. The summed E-state index contributed by atoms with van der Waals surface area (Å²) in [5.41, 5.74) is 1.87. The molecule has 9 heteroatoms. The number of carbonyl (C=O) groups excluding carboxylic acids is 1. The topological polar surface area (TPSA) is 73.1 Å². The van der Waals surface area contributed by atoms with Crippen LogP contribution in [0.4, 0.5) is 4.39 Å². The molecule has 0 fully saturated rings. The second kappa shape index (κ2) is 8.08. The number of halogens is 2. The molecule has 0 unspecified atom stereocenters. The standard InChI is InChI=1S/C21H17ClFN5O2/c1-27(12-13-3-9-16(30-2)10-4-13)21(29)19-24-11-17-18(22)26-28(20(17)25-19)15-7-5-14(23)6-8-15/h3-11H,12H2,1-2H3. The normalized spacial score (nSPS) is 10.9. The zero-order valence-electron chi connectivity index (χ0n) is 16.2. The van der Waals surface area contributed by atoms with Gasteiger partial charge in [-0.15, -0.1) is 0 Å². The van der Waals surface area contributed by atoms with Crippen molar-refractivity contribution in [1.29, 1.82) is 0 Å². The Bertz CT molecular complexity index is 1210. The first-order valence-corrected chi connectivity index (χ1v) is 9.39. The van der Waals surface area contributed by atoms with E-state index in [0.717, 1.165) is 11.3 Å². The summed E-state index contributed by atoms with van der Waals surface area (Å²) in [6.07, 6.45) is 1.46. The van der Waals surface area contributed by atoms with Crippen LogP contribution in [0, 0.1) is 5.82 Å². The van der Waals surface area contributed by atoms with E-state index in [9.17, 15) is 9.18 Å². The van der Waals surface area contributed by atoms with E-state index in [1.54, 1.807) is 26.3 Å². The van der Waals surface area contributed by atoms with Crippen LogP contribution in [0.2, 0.25) is 5.15 Å². The van der Waals surface area contributed by atoms with E-state index in [4.69, 9.17) is 16.3 Å². The summed E-state index contributed by atoms with van der Waals surface area (Å²) >= 11 is 6.19. The second-order valence-electron chi connectivity index (χ2n) is 6.62. The van der Waals surface area contributed by atoms with E-state index >= 15 is 0 Å². The molecule has 0 saturated heterocycles. The average Bonchev–Trinajstić information content (AvgIpc) is 3.10. The lowest BCUT2D eigenvalue weighted by molar-refractivity contribution is 0.0773. The Hall–Kier alpha value is -3.52. The summed E-state index contributed by atoms with van der Waals surface area (Å²) in [4.78, 5) is 22.9. The largest absolute Gasteiger partial charge is 0.497 e. The van der Waals surface area contributed by atoms with Gasteiger partial charge in [-0.2, -0.15) is 5.10 Å². The van der Waals surface area contributed by atoms with Crippen LogP contribution in [-0.2, 0) is 6.54 Å². The van der Waals surface area contributed by atoms with Crippen molar-refractivity contribution in [3.8, 4) is 11.4 Å². The molecule has 1 amide bonds. The van der Waals surface area contributed by atoms with E-state index < -0.39 is 0 Å². The van der Waals surface area contributed by atoms with Gasteiger partial charge in [-0.1, -0.05) is 23.7 Å². The maximum absolute atomic E-state index is 13.3. The fourth-order valence-electron chi connectivity index (χ4n) is 2.98. The lowest BCUT2D eigenvalue weighted by Gasteiger charge is -2.16. The maximum Gasteiger partial charge on any atom is 0.291 e. The van der Waals surface area contributed by atoms with Crippen LogP contribution < -0.4 is 4.74 Å². The minimum Gasteiger partial charge on any atom is -0.497 e. The fraction of sp³-hybridized carbons (Fsp3) is 0.143. The number of carbonyl (C=O) groups is 1. The van der Waals surface area contributed by atoms with Gasteiger partial charge in [0.2, 0.25) is 5.82 Å². The van der Waals surface area contributed by atoms with Crippen molar-refractivity contribution in [3.05, 3.63) is 77.1 Å². The molecule has 0 atom stereocenters. The Morgan fingerprint density at radius 2 is 1.87 bits per heavy atom. The third kappa shape index (κ3) is 3.81. The van der Waals surface area contributed by atoms with E-state index in [-0.39, 0.29) is 22.7 Å². The summed E-state index contributed by atoms with van der Waals surface area (Å²) in [7, 11) is 3.27. The van der Waals surface area contributed by atoms with Crippen molar-refractivity contribution in [2.45, 2.75) is 6.54 Å². The molecule has 152 valence electrons. The monoisotopic (exact) mass is 425 g/mol. The van der Waals surface area contributed by atoms with Crippen LogP contribution in [-0.4, -0.2) is 44.7 Å². The molecule has 2 aromatic carbocycles. The molecule has 0 aliphatic carbocycles. The van der Waals surface area contributed by atoms with Gasteiger partial charge in [-0.05, 0) is 42.0 Å². The zero-order chi connectivity index (χ0) is 21.3. The molecule has 0 radical (unpaired) electrons. The van der Waals surface area contributed by atoms with E-state index in [1.165, 1.54) is 27.9 Å². The van der Waals surface area contributed by atoms with E-state index in [2.05, 4.69) is 15.1 Å². The maximum atomic E-state index is 13.3. The number of hydrogen-bond donors (Lipinski definition) is 0. The summed E-state index contributed by atoms with van der Waals surface area (Å²) in [6.45, 7) is 0.377. The summed E-state index contributed by atoms with van der Waals surface area (Å²) < 4.78 is 19.9. The molecule has 0 N–H and O–H groups in total. The number of benzene rings is 2. The quantitative estimate of drug-likeness (QED) is 0.485. The van der Waals surface area contributed by atoms with Gasteiger partial charge in [0.15, 0.2) is 10.8 Å². The molecule has 0 spiro atoms. The lowest BCUT2D eigenvalue weighted by Crippen LogP contribution is -2.28. The number of ether oxygens (including phenoxy) is 1. The first-order valence-electron chi connectivity index (χ1n) is 9.02. The zero-order valence-corrected chi connectivity index (χ0v) is 17.0. The van der Waals surface area contributed by atoms with Gasteiger partial charge >= 0.3 is 0 Å². The van der Waals surface area contributed by atoms with E-state index in [1.807, 2.05) is 24.3 Å². The van der Waals surface area contributed by atoms with Gasteiger partial charge in [0, 0.05) is 19.8 Å². The van der Waals surface area contributed by atoms with Gasteiger partial charge in [-0.3, -0.25) is 4.79 Å². The number of hydrogen-bond acceptors (Lipinski definition) is 5. The van der Waals surface area contributed by atoms with Gasteiger partial charge in [-0.25, -0.2) is 19.0 Å². The van der Waals surface area contributed by atoms with Crippen molar-refractivity contribution < 1.29 is 13.9 Å². The van der Waals surface area contributed by atoms with Crippen molar-refractivity contribution in [2.75, 3.05) is 14.2 Å². The number of nitrogens with zero attached hydrogens (tertiary/aromatic N) is 5. The van der Waals surface area contributed by atoms with Gasteiger partial charge in [0.25, 0.3) is 5.91 Å². The van der Waals surface area contributed by atoms with Crippen molar-refractivity contribution >= 4 is 28.5 Å². The molecular formula is C21H17ClFN5O2. The number of rotatable bonds is 5. The Balaban J connectivity index is 1.64. The third-order valence-electron chi connectivity index (χ3n) is 4.57. The number of methoxy groups -OCH3 is 1. The third-order valence-corrected chi connectivity index (χ3v) is 4.85. The molecule has 30 heavy (non-hydrogen) atoms. The predicted molar refractivity (Wildman–Crippen MR) is 110 cm³/mol. The Morgan fingerprint density at radius 1 is 1.17 bits per heavy atom. The molecule has 4 rings (SSSR count). The summed E-state index contributed by atoms with van der Waals surface area (Å²) in [5.74, 6) is 0.0357. The van der Waals surface area contributed by atoms with Crippen molar-refractivity contribution in [3.63, 3.8) is 0 Å². The molecule has 2 aromatic heterocycles. The van der Waals surface area contributed by atoms with Crippen LogP contribution in [0.15, 0.2) is 54.7 Å². The molecule has 0 bridgehead atoms. The molecular weight excluding hydrogens is 409 g/mol. The minimum atomic E-state index is -0.369. The van der Waals surface area contributed by atoms with E-state index in [0.29, 0.717) is 23.3 Å². The predicted octanol–water partition coefficient (Wildman–Crippen LogP) is 3.89. The highest BCUT2D eigenvalue weighted by atomic mass is 35.5. The van der Waals surface area contributed by atoms with Gasteiger partial charge in [0.1, 0.15) is 11.6 Å². The SMILES string of the molecule is COc1ccc(CN(C)C(=O)c2ncc3c(Cl)nn(-c4ccc(F)cc4)c3n2)cc1. The molecule has 4 aromatic rings. The van der Waals surface area contributed by atoms with Crippen LogP contribution in [0.5, 0.6) is 5.75 Å². The smallest absolute Gasteiger partial charge is 0.291 e. The first-order chi connectivity index (χ1) is 14.5. The molecule has 7 nitrogen and oxygen atoms in total. The average molecular weight is 426 g/mol. The molecule has 2 heterocycles. The van der Waals surface area contributed by atoms with Crippen molar-refractivity contribution in [1.82, 2.24) is 24.6 Å². The van der Waals surface area contributed by atoms with Crippen molar-refractivity contribution in [2.24, 2.45) is 0 Å². The highest BCUT2D eigenvalue weighted by Crippen LogP contribution is 2.24. The summed E-state index contributed by atoms with van der Waals surface area (Å²) in [6, 6.07) is 13.2. The van der Waals surface area contributed by atoms with Crippen LogP contribution in [0.3, 0.4) is 0 Å². The Labute approximate surface area is 176 Å². The van der Waals surface area contributed by atoms with Crippen LogP contribution in [0.1, 0.15) is 16.2 Å². The van der Waals surface area contributed by atoms with Crippen LogP contribution in [0.25, 0.3) is 16.7 Å². The second-order valence-corrected chi connectivity index (χ2v) is 6.98. The number of fused-ring (bicyclic) bond motifs is 1. The first kappa shape index (κ1) is 19.8. The summed E-state index contributed by atoms with van der Waals surface area (Å²) in [5, 5.41) is 4.93. The Morgan fingerprint density at radius 3 is 2.53 bits per heavy atom. The highest BCUT2D eigenvalue weighted by molar-refractivity contribution is 6.34. The van der Waals surface area contributed by atoms with Crippen LogP contribution >= 0.6 is 11.6 Å². The lowest BCUT2D eigenvalue weighted by atomic mass is 10.2. The Kier molecular flexibility index (Phi) is 5.33. The molecule has 0 aliphatic heterocycles. The van der Waals surface area contributed by atoms with Gasteiger partial charge < -0.3 is 9.64 Å². The number of amides is 1. The minimum absolute atomic E-state index is 0.0124. The number of aromatic nitrogens is 4.